The molecule has 0 bridgehead atoms. The summed E-state index contributed by atoms with van der Waals surface area (Å²) in [4.78, 5) is 21.2. The Balaban J connectivity index is 1.75. The summed E-state index contributed by atoms with van der Waals surface area (Å²) in [7, 11) is -4.17. The number of aliphatic hydroxyl groups is 1. The van der Waals surface area contributed by atoms with Gasteiger partial charge in [-0.3, -0.25) is 10.1 Å². The molecule has 0 radical (unpaired) electrons. The largest absolute Gasteiger partial charge is 0.433 e. The van der Waals surface area contributed by atoms with Crippen LogP contribution < -0.4 is 10.0 Å². The number of amides is 1. The zero-order chi connectivity index (χ0) is 31.4. The highest BCUT2D eigenvalue weighted by Gasteiger charge is 2.37. The number of nitrogens with zero attached hydrogens (tertiary/aromatic N) is 4. The number of carbonyl (C=O) groups excluding carboxylic acids is 1. The van der Waals surface area contributed by atoms with Gasteiger partial charge in [0.1, 0.15) is 5.56 Å². The molecular weight excluding hydrogens is 614 g/mol. The van der Waals surface area contributed by atoms with Crippen molar-refractivity contribution < 1.29 is 44.7 Å². The molecule has 0 atom stereocenters. The predicted octanol–water partition coefficient (Wildman–Crippen LogP) is 4.81. The maximum atomic E-state index is 13.9. The lowest BCUT2D eigenvalue weighted by Gasteiger charge is -2.22. The number of aliphatic hydroxyl groups excluding tert-OH is 1. The molecule has 1 aromatic carbocycles. The van der Waals surface area contributed by atoms with Gasteiger partial charge >= 0.3 is 12.4 Å². The molecule has 3 aromatic heterocycles. The number of thiazole rings is 1. The standard InChI is InChI=1S/C24H22F6N6O4S2/c1-11-7-13(5-6-15(11)23(25,26)27)16-8-17(24(28,29)30)36-18(33-16)14(9-31-36)19(38)34-21-32-12(2)20(41-21)42(39,40)35-22(3,4)10-37/h5-9,35,37H,10H2,1-4H3,(H,32,34,38). The van der Waals surface area contributed by atoms with E-state index in [2.05, 4.69) is 25.1 Å². The number of nitrogens with one attached hydrogen (secondary N) is 2. The van der Waals surface area contributed by atoms with Crippen LogP contribution in [0.1, 0.15) is 46.7 Å². The molecule has 226 valence electrons. The minimum atomic E-state index is -4.98. The maximum absolute atomic E-state index is 13.9. The van der Waals surface area contributed by atoms with Crippen LogP contribution in [0.15, 0.2) is 34.7 Å². The summed E-state index contributed by atoms with van der Waals surface area (Å²) in [5.74, 6) is -1.02. The molecular formula is C24H22F6N6O4S2. The minimum absolute atomic E-state index is 0.00819. The van der Waals surface area contributed by atoms with Crippen molar-refractivity contribution in [1.29, 1.82) is 0 Å². The Labute approximate surface area is 238 Å². The highest BCUT2D eigenvalue weighted by atomic mass is 32.2. The first-order valence-corrected chi connectivity index (χ1v) is 14.1. The van der Waals surface area contributed by atoms with E-state index in [-0.39, 0.29) is 31.9 Å². The molecule has 0 spiro atoms. The quantitative estimate of drug-likeness (QED) is 0.248. The van der Waals surface area contributed by atoms with Gasteiger partial charge in [0.2, 0.25) is 0 Å². The fourth-order valence-electron chi connectivity index (χ4n) is 3.91. The topological polar surface area (TPSA) is 139 Å². The van der Waals surface area contributed by atoms with Crippen LogP contribution in [0.25, 0.3) is 16.9 Å². The zero-order valence-corrected chi connectivity index (χ0v) is 23.8. The summed E-state index contributed by atoms with van der Waals surface area (Å²) < 4.78 is 109. The van der Waals surface area contributed by atoms with Gasteiger partial charge in [-0.2, -0.15) is 31.4 Å². The molecule has 3 heterocycles. The monoisotopic (exact) mass is 636 g/mol. The number of halogens is 6. The van der Waals surface area contributed by atoms with E-state index in [0.29, 0.717) is 21.9 Å². The van der Waals surface area contributed by atoms with Gasteiger partial charge in [-0.15, -0.1) is 0 Å². The minimum Gasteiger partial charge on any atom is -0.394 e. The van der Waals surface area contributed by atoms with Crippen molar-refractivity contribution in [3.63, 3.8) is 0 Å². The molecule has 4 aromatic rings. The molecule has 42 heavy (non-hydrogen) atoms. The van der Waals surface area contributed by atoms with Crippen LogP contribution >= 0.6 is 11.3 Å². The van der Waals surface area contributed by atoms with Gasteiger partial charge < -0.3 is 5.11 Å². The summed E-state index contributed by atoms with van der Waals surface area (Å²) >= 11 is 0.566. The molecule has 4 rings (SSSR count). The third-order valence-corrected chi connectivity index (χ3v) is 9.24. The lowest BCUT2D eigenvalue weighted by atomic mass is 10.0. The van der Waals surface area contributed by atoms with Gasteiger partial charge in [-0.25, -0.2) is 27.6 Å². The molecule has 1 amide bonds. The van der Waals surface area contributed by atoms with Crippen LogP contribution in [-0.2, 0) is 22.4 Å². The predicted molar refractivity (Wildman–Crippen MR) is 139 cm³/mol. The number of hydrogen-bond donors (Lipinski definition) is 3. The number of sulfonamides is 1. The number of hydrogen-bond acceptors (Lipinski definition) is 8. The number of anilines is 1. The van der Waals surface area contributed by atoms with E-state index in [4.69, 9.17) is 0 Å². The first kappa shape index (κ1) is 31.3. The van der Waals surface area contributed by atoms with Crippen molar-refractivity contribution in [2.45, 2.75) is 49.8 Å². The Hall–Kier alpha value is -3.61. The highest BCUT2D eigenvalue weighted by Crippen LogP contribution is 2.36. The van der Waals surface area contributed by atoms with E-state index in [1.54, 1.807) is 0 Å². The second-order valence-electron chi connectivity index (χ2n) is 9.84. The molecule has 0 aliphatic carbocycles. The van der Waals surface area contributed by atoms with Crippen LogP contribution in [0.5, 0.6) is 0 Å². The first-order valence-electron chi connectivity index (χ1n) is 11.8. The lowest BCUT2D eigenvalue weighted by molar-refractivity contribution is -0.142. The number of benzene rings is 1. The number of aryl methyl sites for hydroxylation is 2. The summed E-state index contributed by atoms with van der Waals surface area (Å²) in [6.07, 6.45) is -8.84. The number of fused-ring (bicyclic) bond motifs is 1. The van der Waals surface area contributed by atoms with Crippen molar-refractivity contribution in [3.05, 3.63) is 58.5 Å². The third kappa shape index (κ3) is 6.25. The van der Waals surface area contributed by atoms with E-state index >= 15 is 0 Å². The second kappa shape index (κ2) is 10.6. The Morgan fingerprint density at radius 3 is 2.29 bits per heavy atom. The van der Waals surface area contributed by atoms with Gasteiger partial charge in [-0.05, 0) is 51.5 Å². The van der Waals surface area contributed by atoms with Gasteiger partial charge in [0.25, 0.3) is 15.9 Å². The molecule has 10 nitrogen and oxygen atoms in total. The van der Waals surface area contributed by atoms with Crippen molar-refractivity contribution >= 4 is 38.0 Å². The van der Waals surface area contributed by atoms with Crippen LogP contribution in [0.2, 0.25) is 0 Å². The summed E-state index contributed by atoms with van der Waals surface area (Å²) in [5.41, 5.74) is -5.18. The van der Waals surface area contributed by atoms with Crippen LogP contribution in [0.4, 0.5) is 31.5 Å². The van der Waals surface area contributed by atoms with Crippen LogP contribution in [0.3, 0.4) is 0 Å². The third-order valence-electron chi connectivity index (χ3n) is 5.86. The molecule has 18 heteroatoms. The number of aromatic nitrogens is 4. The fourth-order valence-corrected chi connectivity index (χ4v) is 6.72. The van der Waals surface area contributed by atoms with Crippen LogP contribution in [0, 0.1) is 13.8 Å². The average Bonchev–Trinajstić information content (AvgIpc) is 3.44. The van der Waals surface area contributed by atoms with E-state index < -0.39 is 62.9 Å². The zero-order valence-electron chi connectivity index (χ0n) is 22.1. The number of alkyl halides is 6. The molecule has 0 saturated heterocycles. The Morgan fingerprint density at radius 2 is 1.71 bits per heavy atom. The first-order chi connectivity index (χ1) is 19.2. The van der Waals surface area contributed by atoms with Crippen molar-refractivity contribution in [2.24, 2.45) is 0 Å². The van der Waals surface area contributed by atoms with Crippen molar-refractivity contribution in [3.8, 4) is 11.3 Å². The molecule has 3 N–H and O–H groups in total. The van der Waals surface area contributed by atoms with E-state index in [1.165, 1.54) is 20.8 Å². The van der Waals surface area contributed by atoms with Crippen LogP contribution in [-0.4, -0.2) is 51.2 Å². The lowest BCUT2D eigenvalue weighted by Crippen LogP contribution is -2.46. The molecule has 0 fully saturated rings. The molecule has 0 saturated carbocycles. The van der Waals surface area contributed by atoms with Crippen molar-refractivity contribution in [2.75, 3.05) is 11.9 Å². The van der Waals surface area contributed by atoms with Gasteiger partial charge in [0.15, 0.2) is 20.7 Å². The fraction of sp³-hybridized carbons (Fsp3) is 0.333. The van der Waals surface area contributed by atoms with E-state index in [0.717, 1.165) is 31.3 Å². The number of carbonyl (C=O) groups is 1. The summed E-state index contributed by atoms with van der Waals surface area (Å²) in [6.45, 7) is 4.88. The molecule has 0 unspecified atom stereocenters. The SMILES string of the molecule is Cc1cc(-c2cc(C(F)(F)F)n3ncc(C(=O)Nc4nc(C)c(S(=O)(=O)NC(C)(C)CO)s4)c3n2)ccc1C(F)(F)F. The smallest absolute Gasteiger partial charge is 0.394 e. The van der Waals surface area contributed by atoms with E-state index in [1.807, 2.05) is 0 Å². The van der Waals surface area contributed by atoms with E-state index in [9.17, 15) is 44.7 Å². The summed E-state index contributed by atoms with van der Waals surface area (Å²) in [5, 5.41) is 15.1. The molecule has 0 aliphatic heterocycles. The van der Waals surface area contributed by atoms with Gasteiger partial charge in [0.05, 0.1) is 35.3 Å². The van der Waals surface area contributed by atoms with Gasteiger partial charge in [-0.1, -0.05) is 17.4 Å². The van der Waals surface area contributed by atoms with Gasteiger partial charge in [0, 0.05) is 5.56 Å². The Morgan fingerprint density at radius 1 is 1.05 bits per heavy atom. The van der Waals surface area contributed by atoms with Crippen molar-refractivity contribution in [1.82, 2.24) is 24.3 Å². The second-order valence-corrected chi connectivity index (χ2v) is 12.7. The molecule has 0 aliphatic rings. The normalized spacial score (nSPS) is 13.1. The average molecular weight is 637 g/mol. The Kier molecular flexibility index (Phi) is 7.90. The highest BCUT2D eigenvalue weighted by molar-refractivity contribution is 7.91. The summed E-state index contributed by atoms with van der Waals surface area (Å²) in [6, 6.07) is 3.33. The Bertz CT molecular complexity index is 1800. The maximum Gasteiger partial charge on any atom is 0.433 e. The number of rotatable bonds is 7.